The second-order valence-electron chi connectivity index (χ2n) is 10.3. The lowest BCUT2D eigenvalue weighted by atomic mass is 9.45. The third kappa shape index (κ3) is 2.62. The second kappa shape index (κ2) is 6.47. The van der Waals surface area contributed by atoms with Crippen LogP contribution in [0, 0.1) is 40.4 Å². The highest BCUT2D eigenvalue weighted by Crippen LogP contribution is 2.68. The van der Waals surface area contributed by atoms with Crippen molar-refractivity contribution in [3.05, 3.63) is 23.8 Å². The molecule has 0 radical (unpaired) electrons. The van der Waals surface area contributed by atoms with E-state index in [-0.39, 0.29) is 0 Å². The molecule has 4 aliphatic carbocycles. The number of hydrogen-bond donors (Lipinski definition) is 1. The zero-order chi connectivity index (χ0) is 17.8. The normalized spacial score (nSPS) is 49.2. The number of hydrogen-bond acceptors (Lipinski definition) is 1. The van der Waals surface area contributed by atoms with E-state index in [4.69, 9.17) is 6.58 Å². The molecule has 0 heterocycles. The summed E-state index contributed by atoms with van der Waals surface area (Å²) in [5.41, 5.74) is 4.34. The first-order chi connectivity index (χ1) is 11.9. The first-order valence-electron chi connectivity index (χ1n) is 10.9. The van der Waals surface area contributed by atoms with Crippen LogP contribution in [0.3, 0.4) is 0 Å². The van der Waals surface area contributed by atoms with Crippen molar-refractivity contribution in [2.24, 2.45) is 40.4 Å². The van der Waals surface area contributed by atoms with Crippen LogP contribution in [0.4, 0.5) is 0 Å². The van der Waals surface area contributed by atoms with Crippen LogP contribution in [-0.4, -0.2) is 5.75 Å². The zero-order valence-corrected chi connectivity index (χ0v) is 17.6. The second-order valence-corrected chi connectivity index (χ2v) is 10.7. The van der Waals surface area contributed by atoms with E-state index in [1.165, 1.54) is 57.8 Å². The molecule has 0 spiro atoms. The molecule has 3 saturated carbocycles. The maximum atomic E-state index is 4.73. The van der Waals surface area contributed by atoms with Gasteiger partial charge in [0.25, 0.3) is 0 Å². The van der Waals surface area contributed by atoms with Gasteiger partial charge in [0, 0.05) is 0 Å². The summed E-state index contributed by atoms with van der Waals surface area (Å²) in [5.74, 6) is 5.41. The summed E-state index contributed by atoms with van der Waals surface area (Å²) in [7, 11) is 0. The SMILES string of the molecule is C=C1CC2(C)C(CCS)CCC2C2CC=C3C[C@H](CC)CCC3(C)C12. The molecule has 0 nitrogen and oxygen atoms in total. The molecule has 1 heteroatoms. The lowest BCUT2D eigenvalue weighted by Crippen LogP contribution is -2.51. The predicted octanol–water partition coefficient (Wildman–Crippen LogP) is 7.08. The van der Waals surface area contributed by atoms with Gasteiger partial charge < -0.3 is 0 Å². The topological polar surface area (TPSA) is 0 Å². The van der Waals surface area contributed by atoms with Crippen LogP contribution in [0.2, 0.25) is 0 Å². The average Bonchev–Trinajstić information content (AvgIpc) is 2.90. The maximum Gasteiger partial charge on any atom is -0.00480 e. The summed E-state index contributed by atoms with van der Waals surface area (Å²) in [5, 5.41) is 0. The largest absolute Gasteiger partial charge is 0.179 e. The summed E-state index contributed by atoms with van der Waals surface area (Å²) in [6.45, 7) is 12.3. The number of fused-ring (bicyclic) bond motifs is 5. The zero-order valence-electron chi connectivity index (χ0n) is 16.7. The van der Waals surface area contributed by atoms with Gasteiger partial charge in [-0.1, -0.05) is 51.0 Å². The fourth-order valence-electron chi connectivity index (χ4n) is 7.92. The number of allylic oxidation sites excluding steroid dienone is 3. The van der Waals surface area contributed by atoms with E-state index in [1.54, 1.807) is 11.1 Å². The van der Waals surface area contributed by atoms with Crippen molar-refractivity contribution >= 4 is 12.6 Å². The van der Waals surface area contributed by atoms with Gasteiger partial charge in [0.15, 0.2) is 0 Å². The van der Waals surface area contributed by atoms with Gasteiger partial charge in [0.1, 0.15) is 0 Å². The van der Waals surface area contributed by atoms with Gasteiger partial charge in [-0.2, -0.15) is 12.6 Å². The van der Waals surface area contributed by atoms with Crippen molar-refractivity contribution in [3.63, 3.8) is 0 Å². The molecule has 0 aromatic rings. The van der Waals surface area contributed by atoms with Crippen LogP contribution >= 0.6 is 12.6 Å². The van der Waals surface area contributed by atoms with Crippen LogP contribution < -0.4 is 0 Å². The minimum Gasteiger partial charge on any atom is -0.179 e. The van der Waals surface area contributed by atoms with E-state index in [2.05, 4.69) is 39.5 Å². The molecule has 140 valence electrons. The highest BCUT2D eigenvalue weighted by atomic mass is 32.1. The van der Waals surface area contributed by atoms with Gasteiger partial charge in [-0.15, -0.1) is 0 Å². The Morgan fingerprint density at radius 3 is 2.76 bits per heavy atom. The molecule has 4 aliphatic rings. The smallest absolute Gasteiger partial charge is 0.00480 e. The molecular formula is C24H38S. The lowest BCUT2D eigenvalue weighted by molar-refractivity contribution is -0.00743. The van der Waals surface area contributed by atoms with Crippen LogP contribution in [-0.2, 0) is 0 Å². The summed E-state index contributed by atoms with van der Waals surface area (Å²) >= 11 is 4.56. The van der Waals surface area contributed by atoms with Gasteiger partial charge in [0.2, 0.25) is 0 Å². The van der Waals surface area contributed by atoms with Gasteiger partial charge >= 0.3 is 0 Å². The molecular weight excluding hydrogens is 320 g/mol. The van der Waals surface area contributed by atoms with E-state index in [0.29, 0.717) is 10.8 Å². The molecule has 0 amide bonds. The molecule has 0 aromatic heterocycles. The van der Waals surface area contributed by atoms with Crippen molar-refractivity contribution in [2.45, 2.75) is 78.6 Å². The Kier molecular flexibility index (Phi) is 4.71. The highest BCUT2D eigenvalue weighted by Gasteiger charge is 2.59. The molecule has 0 N–H and O–H groups in total. The molecule has 6 unspecified atom stereocenters. The summed E-state index contributed by atoms with van der Waals surface area (Å²) in [6, 6.07) is 0. The van der Waals surface area contributed by atoms with Gasteiger partial charge in [-0.25, -0.2) is 0 Å². The Morgan fingerprint density at radius 2 is 2.04 bits per heavy atom. The predicted molar refractivity (Wildman–Crippen MR) is 112 cm³/mol. The standard InChI is InChI=1S/C24H38S/c1-5-17-10-12-23(3)19(14-17)6-8-20-21-9-7-18(11-13-25)24(21,4)15-16(2)22(20)23/h6,17-18,20-22,25H,2,5,7-15H2,1,3-4H3/t17-,18?,20?,21?,22?,23?,24?/m1/s1. The first kappa shape index (κ1) is 18.2. The van der Waals surface area contributed by atoms with Crippen molar-refractivity contribution in [1.29, 1.82) is 0 Å². The summed E-state index contributed by atoms with van der Waals surface area (Å²) in [6.07, 6.45) is 15.1. The van der Waals surface area contributed by atoms with Gasteiger partial charge in [-0.05, 0) is 97.5 Å². The van der Waals surface area contributed by atoms with E-state index in [0.717, 1.165) is 35.3 Å². The highest BCUT2D eigenvalue weighted by molar-refractivity contribution is 7.80. The van der Waals surface area contributed by atoms with Crippen LogP contribution in [0.1, 0.15) is 78.6 Å². The van der Waals surface area contributed by atoms with Crippen molar-refractivity contribution in [3.8, 4) is 0 Å². The molecule has 4 rings (SSSR count). The Morgan fingerprint density at radius 1 is 1.24 bits per heavy atom. The molecule has 7 atom stereocenters. The van der Waals surface area contributed by atoms with Crippen LogP contribution in [0.15, 0.2) is 23.8 Å². The molecule has 0 bridgehead atoms. The Bertz CT molecular complexity index is 575. The van der Waals surface area contributed by atoms with E-state index in [1.807, 2.05) is 0 Å². The summed E-state index contributed by atoms with van der Waals surface area (Å²) < 4.78 is 0. The van der Waals surface area contributed by atoms with Gasteiger partial charge in [0.05, 0.1) is 0 Å². The minimum absolute atomic E-state index is 0.425. The molecule has 25 heavy (non-hydrogen) atoms. The number of rotatable bonds is 3. The van der Waals surface area contributed by atoms with E-state index < -0.39 is 0 Å². The summed E-state index contributed by atoms with van der Waals surface area (Å²) in [4.78, 5) is 0. The Labute approximate surface area is 161 Å². The lowest BCUT2D eigenvalue weighted by Gasteiger charge is -2.59. The molecule has 0 aliphatic heterocycles. The molecule has 0 aromatic carbocycles. The van der Waals surface area contributed by atoms with Crippen molar-refractivity contribution in [2.75, 3.05) is 5.75 Å². The van der Waals surface area contributed by atoms with Gasteiger partial charge in [-0.3, -0.25) is 0 Å². The third-order valence-electron chi connectivity index (χ3n) is 9.29. The molecule has 3 fully saturated rings. The van der Waals surface area contributed by atoms with Crippen molar-refractivity contribution < 1.29 is 0 Å². The number of thiol groups is 1. The Hall–Kier alpha value is -0.170. The minimum atomic E-state index is 0.425. The first-order valence-corrected chi connectivity index (χ1v) is 11.5. The van der Waals surface area contributed by atoms with Crippen molar-refractivity contribution in [1.82, 2.24) is 0 Å². The van der Waals surface area contributed by atoms with Crippen LogP contribution in [0.25, 0.3) is 0 Å². The molecule has 0 saturated heterocycles. The van der Waals surface area contributed by atoms with E-state index in [9.17, 15) is 0 Å². The average molecular weight is 359 g/mol. The monoisotopic (exact) mass is 358 g/mol. The quantitative estimate of drug-likeness (QED) is 0.404. The maximum absolute atomic E-state index is 4.73. The van der Waals surface area contributed by atoms with E-state index >= 15 is 0 Å². The fourth-order valence-corrected chi connectivity index (χ4v) is 8.23. The fraction of sp³-hybridized carbons (Fsp3) is 0.833. The third-order valence-corrected chi connectivity index (χ3v) is 9.55. The Balaban J connectivity index is 1.66. The van der Waals surface area contributed by atoms with Crippen LogP contribution in [0.5, 0.6) is 0 Å².